The summed E-state index contributed by atoms with van der Waals surface area (Å²) >= 11 is 1.71. The Morgan fingerprint density at radius 1 is 1.40 bits per heavy atom. The lowest BCUT2D eigenvalue weighted by Crippen LogP contribution is -2.36. The van der Waals surface area contributed by atoms with Crippen LogP contribution in [0.25, 0.3) is 0 Å². The molecule has 2 nitrogen and oxygen atoms in total. The van der Waals surface area contributed by atoms with Gasteiger partial charge in [-0.15, -0.1) is 0 Å². The van der Waals surface area contributed by atoms with Crippen molar-refractivity contribution in [2.24, 2.45) is 0 Å². The van der Waals surface area contributed by atoms with Crippen LogP contribution in [0, 0.1) is 5.82 Å². The van der Waals surface area contributed by atoms with Gasteiger partial charge in [0.05, 0.1) is 24.3 Å². The summed E-state index contributed by atoms with van der Waals surface area (Å²) in [5, 5.41) is 2.99. The first kappa shape index (κ1) is 15.6. The number of halogens is 4. The highest BCUT2D eigenvalue weighted by molar-refractivity contribution is 7.99. The summed E-state index contributed by atoms with van der Waals surface area (Å²) in [6, 6.07) is 2.70. The highest BCUT2D eigenvalue weighted by Crippen LogP contribution is 2.33. The summed E-state index contributed by atoms with van der Waals surface area (Å²) in [6.07, 6.45) is -4.84. The fraction of sp³-hybridized carbons (Fsp3) is 0.538. The van der Waals surface area contributed by atoms with Crippen molar-refractivity contribution in [2.75, 3.05) is 25.2 Å². The van der Waals surface area contributed by atoms with Crippen LogP contribution < -0.4 is 5.32 Å². The fourth-order valence-corrected chi connectivity index (χ4v) is 3.12. The van der Waals surface area contributed by atoms with E-state index >= 15 is 0 Å². The minimum Gasteiger partial charge on any atom is -0.375 e. The number of nitrogens with one attached hydrogen (secondary N) is 1. The highest BCUT2D eigenvalue weighted by Gasteiger charge is 2.35. The summed E-state index contributed by atoms with van der Waals surface area (Å²) in [7, 11) is 1.68. The molecular formula is C13H15F4NOS. The Kier molecular flexibility index (Phi) is 4.93. The van der Waals surface area contributed by atoms with Gasteiger partial charge in [-0.2, -0.15) is 24.9 Å². The van der Waals surface area contributed by atoms with Crippen molar-refractivity contribution in [2.45, 2.75) is 18.3 Å². The summed E-state index contributed by atoms with van der Waals surface area (Å²) in [4.78, 5) is 0. The van der Waals surface area contributed by atoms with Crippen LogP contribution in [0.15, 0.2) is 18.2 Å². The van der Waals surface area contributed by atoms with Gasteiger partial charge in [0.25, 0.3) is 0 Å². The Morgan fingerprint density at radius 2 is 2.15 bits per heavy atom. The predicted molar refractivity (Wildman–Crippen MR) is 70.3 cm³/mol. The zero-order chi connectivity index (χ0) is 14.8. The topological polar surface area (TPSA) is 21.3 Å². The summed E-state index contributed by atoms with van der Waals surface area (Å²) < 4.78 is 56.8. The first-order valence-electron chi connectivity index (χ1n) is 6.16. The quantitative estimate of drug-likeness (QED) is 0.866. The number of likely N-dealkylation sites (N-methyl/N-ethyl adjacent to an activating group) is 1. The van der Waals surface area contributed by atoms with Crippen molar-refractivity contribution in [3.05, 3.63) is 35.1 Å². The number of ether oxygens (including phenoxy) is 1. The van der Waals surface area contributed by atoms with Crippen LogP contribution >= 0.6 is 11.8 Å². The number of alkyl halides is 3. The van der Waals surface area contributed by atoms with Crippen molar-refractivity contribution >= 4 is 11.8 Å². The molecule has 112 valence electrons. The molecule has 1 saturated heterocycles. The summed E-state index contributed by atoms with van der Waals surface area (Å²) in [6.45, 7) is 0.594. The molecular weight excluding hydrogens is 294 g/mol. The second-order valence-electron chi connectivity index (χ2n) is 4.49. The van der Waals surface area contributed by atoms with E-state index in [-0.39, 0.29) is 12.1 Å². The third-order valence-electron chi connectivity index (χ3n) is 3.18. The van der Waals surface area contributed by atoms with E-state index in [1.54, 1.807) is 18.8 Å². The minimum absolute atomic E-state index is 0.171. The standard InChI is InChI=1S/C13H15F4NOS/c1-18-12(11-7-20-5-4-19-11)8-2-3-9(10(14)6-8)13(15,16)17/h2-3,6,11-12,18H,4-5,7H2,1H3. The van der Waals surface area contributed by atoms with Gasteiger partial charge >= 0.3 is 6.18 Å². The van der Waals surface area contributed by atoms with Gasteiger partial charge in [-0.05, 0) is 24.7 Å². The Morgan fingerprint density at radius 3 is 2.65 bits per heavy atom. The van der Waals surface area contributed by atoms with E-state index in [2.05, 4.69) is 5.32 Å². The molecule has 2 unspecified atom stereocenters. The number of thioether (sulfide) groups is 1. The van der Waals surface area contributed by atoms with Crippen LogP contribution in [-0.2, 0) is 10.9 Å². The molecule has 7 heteroatoms. The number of benzene rings is 1. The Balaban J connectivity index is 2.24. The minimum atomic E-state index is -4.67. The van der Waals surface area contributed by atoms with Crippen LogP contribution in [0.4, 0.5) is 17.6 Å². The molecule has 0 aliphatic carbocycles. The number of hydrogen-bond donors (Lipinski definition) is 1. The normalized spacial score (nSPS) is 21.8. The average molecular weight is 309 g/mol. The predicted octanol–water partition coefficient (Wildman–Crippen LogP) is 3.24. The maximum absolute atomic E-state index is 13.6. The lowest BCUT2D eigenvalue weighted by Gasteiger charge is -2.30. The first-order valence-corrected chi connectivity index (χ1v) is 7.32. The first-order chi connectivity index (χ1) is 9.43. The second-order valence-corrected chi connectivity index (χ2v) is 5.64. The molecule has 2 rings (SSSR count). The maximum atomic E-state index is 13.6. The van der Waals surface area contributed by atoms with Gasteiger partial charge in [0.1, 0.15) is 5.82 Å². The third kappa shape index (κ3) is 3.45. The van der Waals surface area contributed by atoms with E-state index in [1.165, 1.54) is 6.07 Å². The highest BCUT2D eigenvalue weighted by atomic mass is 32.2. The third-order valence-corrected chi connectivity index (χ3v) is 4.20. The van der Waals surface area contributed by atoms with Gasteiger partial charge in [-0.25, -0.2) is 4.39 Å². The zero-order valence-electron chi connectivity index (χ0n) is 10.8. The molecule has 1 aromatic carbocycles. The van der Waals surface area contributed by atoms with Crippen LogP contribution in [0.3, 0.4) is 0 Å². The van der Waals surface area contributed by atoms with Crippen LogP contribution in [0.2, 0.25) is 0 Å². The fourth-order valence-electron chi connectivity index (χ4n) is 2.22. The van der Waals surface area contributed by atoms with Crippen molar-refractivity contribution in [1.82, 2.24) is 5.32 Å². The molecule has 2 atom stereocenters. The van der Waals surface area contributed by atoms with Crippen molar-refractivity contribution in [3.63, 3.8) is 0 Å². The molecule has 1 aliphatic rings. The molecule has 1 N–H and O–H groups in total. The van der Waals surface area contributed by atoms with E-state index in [4.69, 9.17) is 4.74 Å². The molecule has 0 amide bonds. The van der Waals surface area contributed by atoms with E-state index < -0.39 is 17.6 Å². The lowest BCUT2D eigenvalue weighted by molar-refractivity contribution is -0.140. The Bertz CT molecular complexity index is 460. The van der Waals surface area contributed by atoms with Crippen LogP contribution in [-0.4, -0.2) is 31.3 Å². The van der Waals surface area contributed by atoms with Crippen LogP contribution in [0.5, 0.6) is 0 Å². The van der Waals surface area contributed by atoms with E-state index in [1.807, 2.05) is 0 Å². The zero-order valence-corrected chi connectivity index (χ0v) is 11.7. The SMILES string of the molecule is CNC(c1ccc(C(F)(F)F)c(F)c1)C1CSCCO1. The lowest BCUT2D eigenvalue weighted by atomic mass is 10.00. The van der Waals surface area contributed by atoms with E-state index in [9.17, 15) is 17.6 Å². The van der Waals surface area contributed by atoms with Gasteiger partial charge in [-0.1, -0.05) is 6.07 Å². The molecule has 20 heavy (non-hydrogen) atoms. The van der Waals surface area contributed by atoms with Gasteiger partial charge in [0, 0.05) is 11.5 Å². The van der Waals surface area contributed by atoms with Crippen LogP contribution in [0.1, 0.15) is 17.2 Å². The molecule has 1 fully saturated rings. The van der Waals surface area contributed by atoms with Gasteiger partial charge < -0.3 is 10.1 Å². The van der Waals surface area contributed by atoms with Gasteiger partial charge in [0.2, 0.25) is 0 Å². The summed E-state index contributed by atoms with van der Waals surface area (Å²) in [5.74, 6) is 0.376. The van der Waals surface area contributed by atoms with Gasteiger partial charge in [0.15, 0.2) is 0 Å². The smallest absolute Gasteiger partial charge is 0.375 e. The second kappa shape index (κ2) is 6.32. The monoisotopic (exact) mass is 309 g/mol. The van der Waals surface area contributed by atoms with E-state index in [0.29, 0.717) is 12.2 Å². The maximum Gasteiger partial charge on any atom is 0.419 e. The molecule has 0 radical (unpaired) electrons. The largest absolute Gasteiger partial charge is 0.419 e. The molecule has 0 aromatic heterocycles. The Hall–Kier alpha value is -0.790. The molecule has 1 aromatic rings. The molecule has 1 aliphatic heterocycles. The molecule has 0 spiro atoms. The van der Waals surface area contributed by atoms with Crippen molar-refractivity contribution in [3.8, 4) is 0 Å². The Labute approximate surface area is 118 Å². The molecule has 0 bridgehead atoms. The molecule has 0 saturated carbocycles. The van der Waals surface area contributed by atoms with Gasteiger partial charge in [-0.3, -0.25) is 0 Å². The van der Waals surface area contributed by atoms with Crippen molar-refractivity contribution in [1.29, 1.82) is 0 Å². The number of rotatable bonds is 3. The average Bonchev–Trinajstić information content (AvgIpc) is 2.39. The van der Waals surface area contributed by atoms with E-state index in [0.717, 1.165) is 23.6 Å². The molecule has 1 heterocycles. The number of hydrogen-bond acceptors (Lipinski definition) is 3. The summed E-state index contributed by atoms with van der Waals surface area (Å²) in [5.41, 5.74) is -0.777. The van der Waals surface area contributed by atoms with Crippen molar-refractivity contribution < 1.29 is 22.3 Å².